The molecule has 0 amide bonds. The third-order valence-electron chi connectivity index (χ3n) is 2.56. The number of hydrogen-bond donors (Lipinski definition) is 3. The number of aliphatic hydroxyl groups is 1. The molecule has 0 aliphatic heterocycles. The van der Waals surface area contributed by atoms with Gasteiger partial charge in [0, 0.05) is 11.7 Å². The first-order chi connectivity index (χ1) is 9.80. The van der Waals surface area contributed by atoms with E-state index in [-0.39, 0.29) is 10.9 Å². The smallest absolute Gasteiger partial charge is 0.330 e. The van der Waals surface area contributed by atoms with Crippen LogP contribution in [0.2, 0.25) is 0 Å². The molecule has 0 aliphatic rings. The van der Waals surface area contributed by atoms with Crippen LogP contribution in [0.15, 0.2) is 29.2 Å². The molecule has 0 bridgehead atoms. The van der Waals surface area contributed by atoms with Crippen molar-refractivity contribution in [1.29, 1.82) is 0 Å². The third-order valence-corrected chi connectivity index (χ3v) is 4.24. The van der Waals surface area contributed by atoms with Gasteiger partial charge in [-0.3, -0.25) is 0 Å². The maximum absolute atomic E-state index is 11.9. The summed E-state index contributed by atoms with van der Waals surface area (Å²) < 4.78 is 30.9. The molecule has 1 aromatic rings. The Labute approximate surface area is 124 Å². The Hall–Kier alpha value is -1.64. The lowest BCUT2D eigenvalue weighted by Gasteiger charge is -2.15. The van der Waals surface area contributed by atoms with E-state index in [1.54, 1.807) is 13.8 Å². The molecular weight excluding hydrogens is 296 g/mol. The fraction of sp³-hybridized carbons (Fsp3) is 0.462. The van der Waals surface area contributed by atoms with E-state index in [1.807, 2.05) is 0 Å². The van der Waals surface area contributed by atoms with Gasteiger partial charge in [0.15, 0.2) is 0 Å². The average Bonchev–Trinajstić information content (AvgIpc) is 2.43. The summed E-state index contributed by atoms with van der Waals surface area (Å²) >= 11 is 0. The van der Waals surface area contributed by atoms with Crippen LogP contribution in [0.4, 0.5) is 5.69 Å². The van der Waals surface area contributed by atoms with Crippen LogP contribution in [0.5, 0.6) is 0 Å². The molecule has 0 aromatic heterocycles. The van der Waals surface area contributed by atoms with Crippen molar-refractivity contribution in [2.24, 2.45) is 0 Å². The highest BCUT2D eigenvalue weighted by molar-refractivity contribution is 7.89. The van der Waals surface area contributed by atoms with E-state index in [0.717, 1.165) is 0 Å². The monoisotopic (exact) mass is 316 g/mol. The standard InChI is InChI=1S/C13H20N2O5S/c1-9(2)15-21(18,19)11-6-4-10(5-7-11)14-12(8-16)13(17)20-3/h4-7,9,12,14-16H,8H2,1-3H3. The summed E-state index contributed by atoms with van der Waals surface area (Å²) in [6.45, 7) is 3.03. The van der Waals surface area contributed by atoms with Gasteiger partial charge in [0.1, 0.15) is 6.04 Å². The fourth-order valence-corrected chi connectivity index (χ4v) is 2.88. The van der Waals surface area contributed by atoms with Crippen molar-refractivity contribution in [2.45, 2.75) is 30.8 Å². The molecule has 0 saturated heterocycles. The van der Waals surface area contributed by atoms with E-state index in [0.29, 0.717) is 5.69 Å². The summed E-state index contributed by atoms with van der Waals surface area (Å²) in [6, 6.07) is 4.76. The first-order valence-corrected chi connectivity index (χ1v) is 7.86. The summed E-state index contributed by atoms with van der Waals surface area (Å²) in [7, 11) is -2.33. The van der Waals surface area contributed by atoms with Gasteiger partial charge in [0.2, 0.25) is 10.0 Å². The van der Waals surface area contributed by atoms with Gasteiger partial charge < -0.3 is 15.2 Å². The van der Waals surface area contributed by atoms with Gasteiger partial charge >= 0.3 is 5.97 Å². The zero-order chi connectivity index (χ0) is 16.0. The van der Waals surface area contributed by atoms with Gasteiger partial charge in [-0.1, -0.05) is 0 Å². The van der Waals surface area contributed by atoms with Gasteiger partial charge in [0.25, 0.3) is 0 Å². The number of carbonyl (C=O) groups is 1. The van der Waals surface area contributed by atoms with Crippen LogP contribution in [-0.4, -0.2) is 45.3 Å². The number of sulfonamides is 1. The zero-order valence-electron chi connectivity index (χ0n) is 12.2. The van der Waals surface area contributed by atoms with Crippen LogP contribution in [0, 0.1) is 0 Å². The van der Waals surface area contributed by atoms with E-state index in [2.05, 4.69) is 14.8 Å². The Morgan fingerprint density at radius 2 is 1.86 bits per heavy atom. The van der Waals surface area contributed by atoms with Crippen LogP contribution in [0.1, 0.15) is 13.8 Å². The number of esters is 1. The second-order valence-electron chi connectivity index (χ2n) is 4.70. The number of nitrogens with one attached hydrogen (secondary N) is 2. The van der Waals surface area contributed by atoms with Crippen molar-refractivity contribution < 1.29 is 23.1 Å². The molecule has 0 spiro atoms. The molecule has 7 nitrogen and oxygen atoms in total. The molecule has 1 aromatic carbocycles. The van der Waals surface area contributed by atoms with E-state index >= 15 is 0 Å². The molecule has 8 heteroatoms. The first kappa shape index (κ1) is 17.4. The molecule has 1 atom stereocenters. The second kappa shape index (κ2) is 7.39. The summed E-state index contributed by atoms with van der Waals surface area (Å²) in [5.41, 5.74) is 0.503. The van der Waals surface area contributed by atoms with Crippen molar-refractivity contribution in [1.82, 2.24) is 4.72 Å². The van der Waals surface area contributed by atoms with E-state index in [4.69, 9.17) is 5.11 Å². The molecule has 1 unspecified atom stereocenters. The van der Waals surface area contributed by atoms with Crippen LogP contribution < -0.4 is 10.0 Å². The van der Waals surface area contributed by atoms with Crippen LogP contribution in [0.25, 0.3) is 0 Å². The lowest BCUT2D eigenvalue weighted by molar-refractivity contribution is -0.142. The van der Waals surface area contributed by atoms with Crippen molar-refractivity contribution in [2.75, 3.05) is 19.0 Å². The van der Waals surface area contributed by atoms with Gasteiger partial charge in [-0.15, -0.1) is 0 Å². The Morgan fingerprint density at radius 3 is 2.29 bits per heavy atom. The zero-order valence-corrected chi connectivity index (χ0v) is 13.0. The summed E-state index contributed by atoms with van der Waals surface area (Å²) in [5, 5.41) is 11.9. The predicted molar refractivity (Wildman–Crippen MR) is 78.4 cm³/mol. The molecular formula is C13H20N2O5S. The number of aliphatic hydroxyl groups excluding tert-OH is 1. The maximum Gasteiger partial charge on any atom is 0.330 e. The normalized spacial score (nSPS) is 13.0. The molecule has 0 radical (unpaired) electrons. The molecule has 118 valence electrons. The lowest BCUT2D eigenvalue weighted by Crippen LogP contribution is -2.34. The minimum absolute atomic E-state index is 0.125. The summed E-state index contributed by atoms with van der Waals surface area (Å²) in [5.74, 6) is -0.601. The Balaban J connectivity index is 2.85. The Kier molecular flexibility index (Phi) is 6.13. The van der Waals surface area contributed by atoms with Crippen molar-refractivity contribution in [3.05, 3.63) is 24.3 Å². The number of rotatable bonds is 7. The Morgan fingerprint density at radius 1 is 1.29 bits per heavy atom. The molecule has 0 heterocycles. The van der Waals surface area contributed by atoms with E-state index in [1.165, 1.54) is 31.4 Å². The van der Waals surface area contributed by atoms with Crippen molar-refractivity contribution in [3.8, 4) is 0 Å². The maximum atomic E-state index is 11.9. The van der Waals surface area contributed by atoms with Crippen molar-refractivity contribution >= 4 is 21.7 Å². The third kappa shape index (κ3) is 5.00. The largest absolute Gasteiger partial charge is 0.467 e. The van der Waals surface area contributed by atoms with E-state index < -0.39 is 28.6 Å². The molecule has 0 saturated carbocycles. The molecule has 0 aliphatic carbocycles. The van der Waals surface area contributed by atoms with Crippen LogP contribution in [-0.2, 0) is 19.6 Å². The average molecular weight is 316 g/mol. The van der Waals surface area contributed by atoms with Crippen LogP contribution >= 0.6 is 0 Å². The van der Waals surface area contributed by atoms with Crippen LogP contribution in [0.3, 0.4) is 0 Å². The minimum Gasteiger partial charge on any atom is -0.467 e. The molecule has 1 rings (SSSR count). The Bertz CT molecular complexity index is 569. The van der Waals surface area contributed by atoms with Gasteiger partial charge in [-0.05, 0) is 38.1 Å². The molecule has 0 fully saturated rings. The van der Waals surface area contributed by atoms with Gasteiger partial charge in [-0.25, -0.2) is 17.9 Å². The molecule has 21 heavy (non-hydrogen) atoms. The minimum atomic E-state index is -3.55. The highest BCUT2D eigenvalue weighted by atomic mass is 32.2. The number of methoxy groups -OCH3 is 1. The van der Waals surface area contributed by atoms with Gasteiger partial charge in [-0.2, -0.15) is 0 Å². The van der Waals surface area contributed by atoms with Gasteiger partial charge in [0.05, 0.1) is 18.6 Å². The molecule has 3 N–H and O–H groups in total. The summed E-state index contributed by atoms with van der Waals surface area (Å²) in [4.78, 5) is 11.5. The first-order valence-electron chi connectivity index (χ1n) is 6.37. The second-order valence-corrected chi connectivity index (χ2v) is 6.42. The number of carbonyl (C=O) groups excluding carboxylic acids is 1. The lowest BCUT2D eigenvalue weighted by atomic mass is 10.2. The SMILES string of the molecule is COC(=O)C(CO)Nc1ccc(S(=O)(=O)NC(C)C)cc1. The highest BCUT2D eigenvalue weighted by Crippen LogP contribution is 2.15. The topological polar surface area (TPSA) is 105 Å². The number of anilines is 1. The predicted octanol–water partition coefficient (Wildman–Crippen LogP) is 0.319. The number of benzene rings is 1. The van der Waals surface area contributed by atoms with E-state index in [9.17, 15) is 13.2 Å². The summed E-state index contributed by atoms with van der Waals surface area (Å²) in [6.07, 6.45) is 0. The quantitative estimate of drug-likeness (QED) is 0.626. The number of hydrogen-bond acceptors (Lipinski definition) is 6. The highest BCUT2D eigenvalue weighted by Gasteiger charge is 2.19. The number of ether oxygens (including phenoxy) is 1. The van der Waals surface area contributed by atoms with Crippen molar-refractivity contribution in [3.63, 3.8) is 0 Å². The fourth-order valence-electron chi connectivity index (χ4n) is 1.63.